The molecule has 24 heavy (non-hydrogen) atoms. The zero-order valence-corrected chi connectivity index (χ0v) is 15.9. The molecule has 0 aromatic heterocycles. The van der Waals surface area contributed by atoms with Crippen LogP contribution in [0.2, 0.25) is 0 Å². The molecule has 0 saturated heterocycles. The summed E-state index contributed by atoms with van der Waals surface area (Å²) in [6.07, 6.45) is 13.6. The van der Waals surface area contributed by atoms with Crippen LogP contribution in [0.5, 0.6) is 0 Å². The molecule has 0 fully saturated rings. The maximum absolute atomic E-state index is 11.3. The van der Waals surface area contributed by atoms with Gasteiger partial charge in [0.05, 0.1) is 21.1 Å². The van der Waals surface area contributed by atoms with E-state index in [2.05, 4.69) is 0 Å². The minimum absolute atomic E-state index is 0.300. The molecule has 142 valence electrons. The molecule has 0 amide bonds. The zero-order chi connectivity index (χ0) is 18.4. The Labute approximate surface area is 147 Å². The summed E-state index contributed by atoms with van der Waals surface area (Å²) in [5.74, 6) is -1.38. The summed E-state index contributed by atoms with van der Waals surface area (Å²) < 4.78 is 0.488. The van der Waals surface area contributed by atoms with Gasteiger partial charge in [0.15, 0.2) is 6.04 Å². The van der Waals surface area contributed by atoms with Gasteiger partial charge in [0, 0.05) is 12.8 Å². The average Bonchev–Trinajstić information content (AvgIpc) is 2.45. The molecule has 0 aliphatic carbocycles. The molecule has 0 aromatic carbocycles. The second-order valence-electron chi connectivity index (χ2n) is 7.79. The third-order valence-electron chi connectivity index (χ3n) is 4.59. The maximum Gasteiger partial charge on any atom is 0.362 e. The molecule has 5 heteroatoms. The molecule has 1 atom stereocenters. The number of quaternary nitrogens is 1. The van der Waals surface area contributed by atoms with Crippen molar-refractivity contribution in [2.45, 2.75) is 89.5 Å². The Bertz CT molecular complexity index is 350. The highest BCUT2D eigenvalue weighted by Crippen LogP contribution is 2.16. The predicted molar refractivity (Wildman–Crippen MR) is 97.1 cm³/mol. The van der Waals surface area contributed by atoms with Gasteiger partial charge in [-0.1, -0.05) is 57.8 Å². The highest BCUT2D eigenvalue weighted by molar-refractivity contribution is 5.72. The molecule has 0 rings (SSSR count). The molecule has 0 heterocycles. The van der Waals surface area contributed by atoms with Crippen molar-refractivity contribution in [3.63, 3.8) is 0 Å². The molecule has 5 nitrogen and oxygen atoms in total. The number of unbranched alkanes of at least 4 members (excludes halogenated alkanes) is 10. The summed E-state index contributed by atoms with van der Waals surface area (Å²) in [5.41, 5.74) is 0. The summed E-state index contributed by atoms with van der Waals surface area (Å²) in [6, 6.07) is -0.300. The fraction of sp³-hybridized carbons (Fsp3) is 0.895. The van der Waals surface area contributed by atoms with Crippen molar-refractivity contribution in [3.05, 3.63) is 0 Å². The lowest BCUT2D eigenvalue weighted by atomic mass is 10.0. The Morgan fingerprint density at radius 3 is 1.42 bits per heavy atom. The van der Waals surface area contributed by atoms with Gasteiger partial charge in [0.1, 0.15) is 0 Å². The highest BCUT2D eigenvalue weighted by Gasteiger charge is 2.30. The van der Waals surface area contributed by atoms with Gasteiger partial charge < -0.3 is 14.7 Å². The van der Waals surface area contributed by atoms with Crippen LogP contribution in [0.3, 0.4) is 0 Å². The molecule has 0 saturated carbocycles. The number of hydrogen-bond acceptors (Lipinski definition) is 2. The number of aliphatic carboxylic acids is 2. The maximum atomic E-state index is 11.3. The van der Waals surface area contributed by atoms with E-state index in [1.54, 1.807) is 0 Å². The van der Waals surface area contributed by atoms with E-state index in [0.717, 1.165) is 38.5 Å². The Hall–Kier alpha value is -1.10. The van der Waals surface area contributed by atoms with Gasteiger partial charge in [0.25, 0.3) is 0 Å². The third kappa shape index (κ3) is 13.3. The number of carboxylic acid groups (broad SMARTS) is 2. The molecule has 0 radical (unpaired) electrons. The normalized spacial score (nSPS) is 13.0. The number of nitrogens with zero attached hydrogens (tertiary/aromatic N) is 1. The van der Waals surface area contributed by atoms with Crippen LogP contribution in [0.15, 0.2) is 0 Å². The van der Waals surface area contributed by atoms with Crippen LogP contribution in [0, 0.1) is 0 Å². The summed E-state index contributed by atoms with van der Waals surface area (Å²) in [7, 11) is 5.83. The summed E-state index contributed by atoms with van der Waals surface area (Å²) in [6.45, 7) is 0. The Kier molecular flexibility index (Phi) is 12.6. The summed E-state index contributed by atoms with van der Waals surface area (Å²) in [4.78, 5) is 21.6. The minimum atomic E-state index is -0.689. The molecule has 0 aliphatic rings. The lowest BCUT2D eigenvalue weighted by Crippen LogP contribution is -2.49. The van der Waals surface area contributed by atoms with Crippen LogP contribution in [-0.2, 0) is 9.59 Å². The van der Waals surface area contributed by atoms with Gasteiger partial charge in [-0.2, -0.15) is 0 Å². The number of hydrogen-bond donors (Lipinski definition) is 2. The largest absolute Gasteiger partial charge is 0.481 e. The molecule has 0 spiro atoms. The first-order valence-corrected chi connectivity index (χ1v) is 9.51. The van der Waals surface area contributed by atoms with Crippen LogP contribution >= 0.6 is 0 Å². The van der Waals surface area contributed by atoms with Crippen molar-refractivity contribution in [3.8, 4) is 0 Å². The van der Waals surface area contributed by atoms with E-state index in [9.17, 15) is 14.7 Å². The number of rotatable bonds is 16. The van der Waals surface area contributed by atoms with E-state index in [-0.39, 0.29) is 6.04 Å². The fourth-order valence-electron chi connectivity index (χ4n) is 3.05. The SMILES string of the molecule is C[N+](C)(C)C(CCCCCCCCCCCCCC(=O)O)C(=O)O. The van der Waals surface area contributed by atoms with Gasteiger partial charge >= 0.3 is 11.9 Å². The standard InChI is InChI=1S/C19H37NO4/c1-20(2,3)17(19(23)24)15-13-11-9-7-5-4-6-8-10-12-14-16-18(21)22/h17H,4-16H2,1-3H3,(H-,21,22,23,24)/p+1. The van der Waals surface area contributed by atoms with Gasteiger partial charge in [-0.25, -0.2) is 4.79 Å². The molecule has 0 aromatic rings. The van der Waals surface area contributed by atoms with Gasteiger partial charge in [-0.05, 0) is 12.8 Å². The smallest absolute Gasteiger partial charge is 0.362 e. The van der Waals surface area contributed by atoms with Crippen LogP contribution in [0.4, 0.5) is 0 Å². The molecule has 2 N–H and O–H groups in total. The Balaban J connectivity index is 3.39. The van der Waals surface area contributed by atoms with Crippen molar-refractivity contribution < 1.29 is 24.3 Å². The molecule has 1 unspecified atom stereocenters. The molecular weight excluding hydrogens is 306 g/mol. The zero-order valence-electron chi connectivity index (χ0n) is 15.9. The van der Waals surface area contributed by atoms with E-state index in [4.69, 9.17) is 5.11 Å². The van der Waals surface area contributed by atoms with E-state index in [1.807, 2.05) is 21.1 Å². The van der Waals surface area contributed by atoms with Crippen molar-refractivity contribution in [2.75, 3.05) is 21.1 Å². The first-order valence-electron chi connectivity index (χ1n) is 9.51. The summed E-state index contributed by atoms with van der Waals surface area (Å²) in [5, 5.41) is 17.8. The highest BCUT2D eigenvalue weighted by atomic mass is 16.4. The van der Waals surface area contributed by atoms with Gasteiger partial charge in [0.2, 0.25) is 0 Å². The Morgan fingerprint density at radius 2 is 1.08 bits per heavy atom. The lowest BCUT2D eigenvalue weighted by molar-refractivity contribution is -0.887. The molecule has 0 bridgehead atoms. The number of carbonyl (C=O) groups is 2. The van der Waals surface area contributed by atoms with E-state index in [1.165, 1.54) is 38.5 Å². The van der Waals surface area contributed by atoms with Crippen molar-refractivity contribution in [1.29, 1.82) is 0 Å². The second-order valence-corrected chi connectivity index (χ2v) is 7.79. The van der Waals surface area contributed by atoms with Crippen molar-refractivity contribution >= 4 is 11.9 Å². The van der Waals surface area contributed by atoms with Crippen LogP contribution < -0.4 is 0 Å². The van der Waals surface area contributed by atoms with Gasteiger partial charge in [-0.15, -0.1) is 0 Å². The topological polar surface area (TPSA) is 74.6 Å². The number of likely N-dealkylation sites (N-methyl/N-ethyl adjacent to an activating group) is 1. The lowest BCUT2D eigenvalue weighted by Gasteiger charge is -2.31. The fourth-order valence-corrected chi connectivity index (χ4v) is 3.05. The van der Waals surface area contributed by atoms with Crippen molar-refractivity contribution in [2.24, 2.45) is 0 Å². The minimum Gasteiger partial charge on any atom is -0.481 e. The molecule has 0 aliphatic heterocycles. The first-order chi connectivity index (χ1) is 11.2. The monoisotopic (exact) mass is 344 g/mol. The van der Waals surface area contributed by atoms with Gasteiger partial charge in [-0.3, -0.25) is 4.79 Å². The predicted octanol–water partition coefficient (Wildman–Crippen LogP) is 4.30. The van der Waals surface area contributed by atoms with Crippen molar-refractivity contribution in [1.82, 2.24) is 0 Å². The third-order valence-corrected chi connectivity index (χ3v) is 4.59. The van der Waals surface area contributed by atoms with E-state index < -0.39 is 11.9 Å². The van der Waals surface area contributed by atoms with Crippen LogP contribution in [0.1, 0.15) is 83.5 Å². The first kappa shape index (κ1) is 22.9. The van der Waals surface area contributed by atoms with E-state index in [0.29, 0.717) is 10.9 Å². The van der Waals surface area contributed by atoms with Crippen LogP contribution in [0.25, 0.3) is 0 Å². The second kappa shape index (κ2) is 13.2. The number of carboxylic acids is 2. The molecular formula is C19H38NO4+. The van der Waals surface area contributed by atoms with Crippen LogP contribution in [-0.4, -0.2) is 53.8 Å². The average molecular weight is 345 g/mol. The summed E-state index contributed by atoms with van der Waals surface area (Å²) >= 11 is 0. The quantitative estimate of drug-likeness (QED) is 0.323. The van der Waals surface area contributed by atoms with E-state index >= 15 is 0 Å². The Morgan fingerprint density at radius 1 is 0.708 bits per heavy atom.